The van der Waals surface area contributed by atoms with E-state index in [0.717, 1.165) is 37.3 Å². The van der Waals surface area contributed by atoms with Crippen molar-refractivity contribution in [2.24, 2.45) is 5.92 Å². The summed E-state index contributed by atoms with van der Waals surface area (Å²) in [5.41, 5.74) is 2.56. The minimum Gasteiger partial charge on any atom is -0.496 e. The Kier molecular flexibility index (Phi) is 5.38. The Morgan fingerprint density at radius 2 is 1.80 bits per heavy atom. The molecule has 0 saturated heterocycles. The standard InChI is InChI=1S/C16H23NO2S/c1-4-17-14-10-13-12(9-11(14)7-8-20)15(18-2)5-6-16(13)19-3/h5-6,8,11,14,17H,4,7,9-10H2,1-3H3. The first-order chi connectivity index (χ1) is 9.74. The lowest BCUT2D eigenvalue weighted by Crippen LogP contribution is -2.42. The molecule has 0 spiro atoms. The fourth-order valence-corrected chi connectivity index (χ4v) is 3.39. The lowest BCUT2D eigenvalue weighted by molar-refractivity contribution is 0.323. The van der Waals surface area contributed by atoms with Gasteiger partial charge in [0.1, 0.15) is 11.5 Å². The third-order valence-electron chi connectivity index (χ3n) is 4.11. The van der Waals surface area contributed by atoms with E-state index in [2.05, 4.69) is 12.2 Å². The van der Waals surface area contributed by atoms with Gasteiger partial charge in [0.25, 0.3) is 0 Å². The number of hydrogen-bond donors (Lipinski definition) is 1. The highest BCUT2D eigenvalue weighted by molar-refractivity contribution is 7.78. The van der Waals surface area contributed by atoms with Crippen LogP contribution < -0.4 is 14.8 Å². The number of methoxy groups -OCH3 is 2. The molecule has 1 aromatic rings. The van der Waals surface area contributed by atoms with Crippen molar-refractivity contribution < 1.29 is 9.47 Å². The maximum Gasteiger partial charge on any atom is 0.122 e. The summed E-state index contributed by atoms with van der Waals surface area (Å²) < 4.78 is 11.0. The highest BCUT2D eigenvalue weighted by Crippen LogP contribution is 2.38. The fourth-order valence-electron chi connectivity index (χ4n) is 3.14. The molecule has 0 saturated carbocycles. The number of thiocarbonyl (C=S) groups is 1. The van der Waals surface area contributed by atoms with Crippen molar-refractivity contribution in [2.75, 3.05) is 20.8 Å². The maximum atomic E-state index is 5.52. The van der Waals surface area contributed by atoms with Gasteiger partial charge in [-0.15, -0.1) is 0 Å². The summed E-state index contributed by atoms with van der Waals surface area (Å²) in [5.74, 6) is 2.45. The summed E-state index contributed by atoms with van der Waals surface area (Å²) in [6.45, 7) is 3.12. The molecule has 1 aromatic carbocycles. The molecule has 0 amide bonds. The van der Waals surface area contributed by atoms with E-state index in [0.29, 0.717) is 12.0 Å². The van der Waals surface area contributed by atoms with E-state index in [1.807, 2.05) is 17.5 Å². The quantitative estimate of drug-likeness (QED) is 0.817. The zero-order valence-electron chi connectivity index (χ0n) is 12.4. The summed E-state index contributed by atoms with van der Waals surface area (Å²) in [4.78, 5) is 0. The number of nitrogens with one attached hydrogen (secondary N) is 1. The third kappa shape index (κ3) is 2.96. The molecule has 110 valence electrons. The zero-order valence-corrected chi connectivity index (χ0v) is 13.3. The van der Waals surface area contributed by atoms with Crippen LogP contribution in [0.25, 0.3) is 0 Å². The van der Waals surface area contributed by atoms with Crippen LogP contribution in [-0.2, 0) is 12.8 Å². The summed E-state index contributed by atoms with van der Waals surface area (Å²) in [6.07, 6.45) is 2.91. The Hall–Kier alpha value is -1.13. The van der Waals surface area contributed by atoms with Gasteiger partial charge >= 0.3 is 0 Å². The van der Waals surface area contributed by atoms with E-state index in [4.69, 9.17) is 21.7 Å². The Balaban J connectivity index is 2.40. The van der Waals surface area contributed by atoms with Crippen LogP contribution in [0.5, 0.6) is 11.5 Å². The van der Waals surface area contributed by atoms with Crippen LogP contribution in [0.3, 0.4) is 0 Å². The number of fused-ring (bicyclic) bond motifs is 1. The Morgan fingerprint density at radius 1 is 1.20 bits per heavy atom. The molecule has 0 fully saturated rings. The van der Waals surface area contributed by atoms with Gasteiger partial charge in [-0.25, -0.2) is 0 Å². The number of ether oxygens (including phenoxy) is 2. The molecule has 0 bridgehead atoms. The molecule has 1 aliphatic carbocycles. The van der Waals surface area contributed by atoms with Crippen LogP contribution >= 0.6 is 12.2 Å². The molecule has 4 heteroatoms. The number of rotatable bonds is 6. The second kappa shape index (κ2) is 7.04. The number of likely N-dealkylation sites (N-methyl/N-ethyl adjacent to an activating group) is 1. The van der Waals surface area contributed by atoms with Gasteiger partial charge < -0.3 is 14.8 Å². The summed E-state index contributed by atoms with van der Waals surface area (Å²) in [6, 6.07) is 4.45. The molecule has 2 unspecified atom stereocenters. The van der Waals surface area contributed by atoms with Crippen molar-refractivity contribution in [1.82, 2.24) is 5.32 Å². The molecule has 2 rings (SSSR count). The van der Waals surface area contributed by atoms with E-state index < -0.39 is 0 Å². The first-order valence-electron chi connectivity index (χ1n) is 7.14. The van der Waals surface area contributed by atoms with E-state index >= 15 is 0 Å². The van der Waals surface area contributed by atoms with Crippen LogP contribution in [0.2, 0.25) is 0 Å². The Morgan fingerprint density at radius 3 is 2.30 bits per heavy atom. The van der Waals surface area contributed by atoms with E-state index in [1.165, 1.54) is 11.1 Å². The first kappa shape index (κ1) is 15.3. The molecular weight excluding hydrogens is 270 g/mol. The van der Waals surface area contributed by atoms with Gasteiger partial charge in [0.2, 0.25) is 0 Å². The van der Waals surface area contributed by atoms with Crippen LogP contribution in [0.4, 0.5) is 0 Å². The van der Waals surface area contributed by atoms with Gasteiger partial charge in [0.05, 0.1) is 14.2 Å². The largest absolute Gasteiger partial charge is 0.496 e. The van der Waals surface area contributed by atoms with Gasteiger partial charge in [-0.05, 0) is 49.2 Å². The van der Waals surface area contributed by atoms with Crippen LogP contribution in [0, 0.1) is 5.92 Å². The molecule has 1 aliphatic rings. The number of hydrogen-bond acceptors (Lipinski definition) is 4. The monoisotopic (exact) mass is 293 g/mol. The van der Waals surface area contributed by atoms with Gasteiger partial charge in [0.15, 0.2) is 0 Å². The molecule has 0 aromatic heterocycles. The van der Waals surface area contributed by atoms with E-state index in [1.54, 1.807) is 14.2 Å². The van der Waals surface area contributed by atoms with Crippen molar-refractivity contribution in [3.63, 3.8) is 0 Å². The Bertz CT molecular complexity index is 476. The maximum absolute atomic E-state index is 5.52. The van der Waals surface area contributed by atoms with Gasteiger partial charge in [-0.2, -0.15) is 0 Å². The molecule has 0 aliphatic heterocycles. The second-order valence-corrected chi connectivity index (χ2v) is 5.50. The van der Waals surface area contributed by atoms with Crippen molar-refractivity contribution >= 4 is 17.6 Å². The minimum atomic E-state index is 0.452. The first-order valence-corrected chi connectivity index (χ1v) is 7.62. The molecule has 2 atom stereocenters. The topological polar surface area (TPSA) is 30.5 Å². The van der Waals surface area contributed by atoms with Crippen molar-refractivity contribution in [3.8, 4) is 11.5 Å². The molecule has 20 heavy (non-hydrogen) atoms. The van der Waals surface area contributed by atoms with Gasteiger partial charge in [0, 0.05) is 17.2 Å². The normalized spacial score (nSPS) is 21.1. The molecular formula is C16H23NO2S. The lowest BCUT2D eigenvalue weighted by Gasteiger charge is -2.34. The van der Waals surface area contributed by atoms with Gasteiger partial charge in [-0.1, -0.05) is 19.1 Å². The SMILES string of the molecule is CCNC1Cc2c(OC)ccc(OC)c2CC1CC=S. The van der Waals surface area contributed by atoms with Crippen LogP contribution in [0.15, 0.2) is 12.1 Å². The third-order valence-corrected chi connectivity index (χ3v) is 4.30. The van der Waals surface area contributed by atoms with Crippen LogP contribution in [0.1, 0.15) is 24.5 Å². The zero-order chi connectivity index (χ0) is 14.5. The Labute approximate surface area is 126 Å². The van der Waals surface area contributed by atoms with E-state index in [9.17, 15) is 0 Å². The molecule has 1 N–H and O–H groups in total. The van der Waals surface area contributed by atoms with Gasteiger partial charge in [-0.3, -0.25) is 0 Å². The molecule has 0 radical (unpaired) electrons. The summed E-state index contributed by atoms with van der Waals surface area (Å²) in [7, 11) is 3.46. The van der Waals surface area contributed by atoms with Crippen molar-refractivity contribution in [2.45, 2.75) is 32.2 Å². The fraction of sp³-hybridized carbons (Fsp3) is 0.562. The highest BCUT2D eigenvalue weighted by Gasteiger charge is 2.31. The van der Waals surface area contributed by atoms with Crippen LogP contribution in [-0.4, -0.2) is 32.2 Å². The van der Waals surface area contributed by atoms with Crippen molar-refractivity contribution in [1.29, 1.82) is 0 Å². The second-order valence-electron chi connectivity index (χ2n) is 5.16. The molecule has 3 nitrogen and oxygen atoms in total. The summed E-state index contributed by atoms with van der Waals surface area (Å²) in [5, 5.41) is 5.44. The highest BCUT2D eigenvalue weighted by atomic mass is 32.1. The predicted molar refractivity (Wildman–Crippen MR) is 86.2 cm³/mol. The average Bonchev–Trinajstić information content (AvgIpc) is 2.47. The minimum absolute atomic E-state index is 0.452. The predicted octanol–water partition coefficient (Wildman–Crippen LogP) is 2.79. The lowest BCUT2D eigenvalue weighted by atomic mass is 9.78. The number of benzene rings is 1. The van der Waals surface area contributed by atoms with E-state index in [-0.39, 0.29) is 0 Å². The molecule has 0 heterocycles. The average molecular weight is 293 g/mol. The smallest absolute Gasteiger partial charge is 0.122 e. The summed E-state index contributed by atoms with van der Waals surface area (Å²) >= 11 is 5.07. The van der Waals surface area contributed by atoms with Crippen molar-refractivity contribution in [3.05, 3.63) is 23.3 Å².